The smallest absolute Gasteiger partial charge is 0.224 e. The van der Waals surface area contributed by atoms with Gasteiger partial charge in [0.05, 0.1) is 18.4 Å². The fourth-order valence-electron chi connectivity index (χ4n) is 3.27. The van der Waals surface area contributed by atoms with E-state index in [-0.39, 0.29) is 24.5 Å². The Balaban J connectivity index is 1.40. The van der Waals surface area contributed by atoms with Crippen molar-refractivity contribution in [2.75, 3.05) is 12.4 Å². The molecule has 0 bridgehead atoms. The quantitative estimate of drug-likeness (QED) is 0.308. The van der Waals surface area contributed by atoms with Crippen LogP contribution in [0.1, 0.15) is 23.2 Å². The lowest BCUT2D eigenvalue weighted by Gasteiger charge is -2.09. The Kier molecular flexibility index (Phi) is 7.12. The molecule has 8 heteroatoms. The van der Waals surface area contributed by atoms with Crippen molar-refractivity contribution in [2.24, 2.45) is 0 Å². The molecule has 33 heavy (non-hydrogen) atoms. The van der Waals surface area contributed by atoms with E-state index in [0.717, 1.165) is 21.8 Å². The van der Waals surface area contributed by atoms with Crippen molar-refractivity contribution in [1.82, 2.24) is 9.97 Å². The molecule has 0 spiro atoms. The second-order valence-corrected chi connectivity index (χ2v) is 8.47. The number of benzene rings is 2. The maximum Gasteiger partial charge on any atom is 0.224 e. The lowest BCUT2D eigenvalue weighted by atomic mass is 10.1. The normalized spacial score (nSPS) is 10.6. The number of carbonyl (C=O) groups is 2. The lowest BCUT2D eigenvalue weighted by molar-refractivity contribution is -0.116. The molecule has 6 nitrogen and oxygen atoms in total. The fraction of sp³-hybridized carbons (Fsp3) is 0.120. The molecule has 1 amide bonds. The summed E-state index contributed by atoms with van der Waals surface area (Å²) < 4.78 is 5.22. The molecule has 0 unspecified atom stereocenters. The minimum atomic E-state index is -0.253. The zero-order valence-electron chi connectivity index (χ0n) is 17.7. The summed E-state index contributed by atoms with van der Waals surface area (Å²) in [6.07, 6.45) is 3.56. The zero-order chi connectivity index (χ0) is 23.2. The topological polar surface area (TPSA) is 81.2 Å². The third kappa shape index (κ3) is 5.63. The van der Waals surface area contributed by atoms with Gasteiger partial charge in [-0.1, -0.05) is 23.7 Å². The number of pyridine rings is 1. The fourth-order valence-corrected chi connectivity index (χ4v) is 4.28. The van der Waals surface area contributed by atoms with E-state index in [2.05, 4.69) is 10.3 Å². The molecule has 0 aliphatic carbocycles. The van der Waals surface area contributed by atoms with Gasteiger partial charge >= 0.3 is 0 Å². The van der Waals surface area contributed by atoms with Gasteiger partial charge in [0.1, 0.15) is 10.8 Å². The van der Waals surface area contributed by atoms with Crippen LogP contribution in [-0.2, 0) is 4.79 Å². The van der Waals surface area contributed by atoms with Crippen molar-refractivity contribution < 1.29 is 14.3 Å². The number of halogens is 1. The number of amides is 1. The van der Waals surface area contributed by atoms with Crippen LogP contribution >= 0.6 is 22.9 Å². The molecular formula is C25H20ClN3O3S. The number of nitrogens with zero attached hydrogens (tertiary/aromatic N) is 2. The summed E-state index contributed by atoms with van der Waals surface area (Å²) in [7, 11) is 1.49. The van der Waals surface area contributed by atoms with Gasteiger partial charge in [-0.2, -0.15) is 0 Å². The molecule has 0 aliphatic heterocycles. The Bertz CT molecular complexity index is 1290. The van der Waals surface area contributed by atoms with Crippen LogP contribution in [-0.4, -0.2) is 28.8 Å². The number of anilines is 1. The number of aromatic nitrogens is 2. The molecule has 0 saturated carbocycles. The van der Waals surface area contributed by atoms with E-state index in [1.54, 1.807) is 48.0 Å². The number of ketones is 1. The van der Waals surface area contributed by atoms with Crippen molar-refractivity contribution in [3.8, 4) is 27.6 Å². The Morgan fingerprint density at radius 2 is 1.85 bits per heavy atom. The van der Waals surface area contributed by atoms with Gasteiger partial charge in [0.25, 0.3) is 0 Å². The molecular weight excluding hydrogens is 458 g/mol. The predicted octanol–water partition coefficient (Wildman–Crippen LogP) is 6.14. The van der Waals surface area contributed by atoms with Crippen molar-refractivity contribution in [1.29, 1.82) is 0 Å². The molecule has 0 saturated heterocycles. The highest BCUT2D eigenvalue weighted by Gasteiger charge is 2.15. The largest absolute Gasteiger partial charge is 0.496 e. The summed E-state index contributed by atoms with van der Waals surface area (Å²) in [5, 5.41) is 6.18. The first-order valence-electron chi connectivity index (χ1n) is 10.2. The van der Waals surface area contributed by atoms with Crippen molar-refractivity contribution >= 4 is 40.3 Å². The zero-order valence-corrected chi connectivity index (χ0v) is 19.3. The monoisotopic (exact) mass is 477 g/mol. The molecule has 166 valence electrons. The van der Waals surface area contributed by atoms with E-state index in [1.807, 2.05) is 35.7 Å². The first-order valence-corrected chi connectivity index (χ1v) is 11.4. The highest BCUT2D eigenvalue weighted by atomic mass is 35.5. The molecule has 2 aromatic carbocycles. The van der Waals surface area contributed by atoms with Crippen LogP contribution in [0.2, 0.25) is 5.02 Å². The summed E-state index contributed by atoms with van der Waals surface area (Å²) in [4.78, 5) is 33.8. The Labute approximate surface area is 200 Å². The highest BCUT2D eigenvalue weighted by Crippen LogP contribution is 2.30. The first kappa shape index (κ1) is 22.6. The van der Waals surface area contributed by atoms with E-state index in [1.165, 1.54) is 7.11 Å². The maximum absolute atomic E-state index is 12.6. The molecule has 0 aliphatic rings. The third-order valence-electron chi connectivity index (χ3n) is 4.91. The Hall–Kier alpha value is -3.55. The van der Waals surface area contributed by atoms with Crippen LogP contribution in [0.15, 0.2) is 72.4 Å². The van der Waals surface area contributed by atoms with Crippen molar-refractivity contribution in [3.63, 3.8) is 0 Å². The third-order valence-corrected chi connectivity index (χ3v) is 6.04. The number of rotatable bonds is 8. The number of ether oxygens (including phenoxy) is 1. The molecule has 1 N–H and O–H groups in total. The summed E-state index contributed by atoms with van der Waals surface area (Å²) in [5.41, 5.74) is 3.74. The summed E-state index contributed by atoms with van der Waals surface area (Å²) in [6, 6.07) is 16.1. The highest BCUT2D eigenvalue weighted by molar-refractivity contribution is 7.13. The first-order chi connectivity index (χ1) is 16.0. The lowest BCUT2D eigenvalue weighted by Crippen LogP contribution is -2.14. The SMILES string of the molecule is COc1ccc(Cl)cc1C(=O)CCC(=O)Nc1cccc(-c2csc(-c3ccncc3)n2)c1. The van der Waals surface area contributed by atoms with Gasteiger partial charge in [0.15, 0.2) is 5.78 Å². The molecule has 4 rings (SSSR count). The van der Waals surface area contributed by atoms with Crippen LogP contribution in [0.25, 0.3) is 21.8 Å². The number of thiazole rings is 1. The van der Waals surface area contributed by atoms with E-state index in [9.17, 15) is 9.59 Å². The van der Waals surface area contributed by atoms with Gasteiger partial charge in [0, 0.05) is 52.5 Å². The molecule has 4 aromatic rings. The molecule has 0 fully saturated rings. The van der Waals surface area contributed by atoms with Gasteiger partial charge in [-0.15, -0.1) is 11.3 Å². The summed E-state index contributed by atoms with van der Waals surface area (Å²) in [6.45, 7) is 0. The average molecular weight is 478 g/mol. The van der Waals surface area contributed by atoms with Gasteiger partial charge in [-0.05, 0) is 42.5 Å². The maximum atomic E-state index is 12.6. The van der Waals surface area contributed by atoms with Crippen molar-refractivity contribution in [2.45, 2.75) is 12.8 Å². The minimum absolute atomic E-state index is 0.0433. The summed E-state index contributed by atoms with van der Waals surface area (Å²) >= 11 is 7.54. The second-order valence-electron chi connectivity index (χ2n) is 7.17. The van der Waals surface area contributed by atoms with E-state index >= 15 is 0 Å². The van der Waals surface area contributed by atoms with Crippen LogP contribution in [0.5, 0.6) is 5.75 Å². The van der Waals surface area contributed by atoms with Crippen LogP contribution < -0.4 is 10.1 Å². The number of methoxy groups -OCH3 is 1. The van der Waals surface area contributed by atoms with E-state index in [4.69, 9.17) is 21.3 Å². The van der Waals surface area contributed by atoms with Gasteiger partial charge in [-0.25, -0.2) is 4.98 Å². The standard InChI is InChI=1S/C25H20ClN3O3S/c1-32-23-7-5-18(26)14-20(23)22(30)6-8-24(31)28-19-4-2-3-17(13-19)21-15-33-25(29-21)16-9-11-27-12-10-16/h2-5,7,9-15H,6,8H2,1H3,(H,28,31). The van der Waals surface area contributed by atoms with Crippen LogP contribution in [0.3, 0.4) is 0 Å². The van der Waals surface area contributed by atoms with Crippen LogP contribution in [0, 0.1) is 0 Å². The minimum Gasteiger partial charge on any atom is -0.496 e. The number of Topliss-reactive ketones (excluding diaryl/α,β-unsaturated/α-hetero) is 1. The second kappa shape index (κ2) is 10.4. The summed E-state index contributed by atoms with van der Waals surface area (Å²) in [5.74, 6) is -0.0199. The molecule has 0 radical (unpaired) electrons. The van der Waals surface area contributed by atoms with Crippen molar-refractivity contribution in [3.05, 3.63) is 83.0 Å². The number of hydrogen-bond acceptors (Lipinski definition) is 6. The van der Waals surface area contributed by atoms with Gasteiger partial charge in [-0.3, -0.25) is 14.6 Å². The average Bonchev–Trinajstić information content (AvgIpc) is 3.34. The van der Waals surface area contributed by atoms with E-state index in [0.29, 0.717) is 22.0 Å². The van der Waals surface area contributed by atoms with E-state index < -0.39 is 0 Å². The van der Waals surface area contributed by atoms with Gasteiger partial charge < -0.3 is 10.1 Å². The Morgan fingerprint density at radius 1 is 1.03 bits per heavy atom. The Morgan fingerprint density at radius 3 is 2.64 bits per heavy atom. The molecule has 0 atom stereocenters. The molecule has 2 aromatic heterocycles. The predicted molar refractivity (Wildman–Crippen MR) is 131 cm³/mol. The van der Waals surface area contributed by atoms with Crippen LogP contribution in [0.4, 0.5) is 5.69 Å². The number of hydrogen-bond donors (Lipinski definition) is 1. The number of carbonyl (C=O) groups excluding carboxylic acids is 2. The number of nitrogens with one attached hydrogen (secondary N) is 1. The van der Waals surface area contributed by atoms with Gasteiger partial charge in [0.2, 0.25) is 5.91 Å². The molecule has 2 heterocycles.